The number of ether oxygens (including phenoxy) is 3. The highest BCUT2D eigenvalue weighted by Gasteiger charge is 2.33. The normalized spacial score (nSPS) is 21.8. The Bertz CT molecular complexity index is 770. The van der Waals surface area contributed by atoms with Crippen molar-refractivity contribution in [1.29, 1.82) is 0 Å². The van der Waals surface area contributed by atoms with Crippen LogP contribution in [0.3, 0.4) is 0 Å². The Morgan fingerprint density at radius 2 is 1.59 bits per heavy atom. The molecule has 0 amide bonds. The van der Waals surface area contributed by atoms with Gasteiger partial charge in [-0.1, -0.05) is 74.5 Å². The first kappa shape index (κ1) is 21.4. The minimum atomic E-state index is -0.324. The van der Waals surface area contributed by atoms with Crippen molar-refractivity contribution in [1.82, 2.24) is 0 Å². The molecule has 154 valence electrons. The van der Waals surface area contributed by atoms with E-state index < -0.39 is 0 Å². The Morgan fingerprint density at radius 3 is 2.17 bits per heavy atom. The third-order valence-corrected chi connectivity index (χ3v) is 4.93. The molecule has 4 nitrogen and oxygen atoms in total. The van der Waals surface area contributed by atoms with E-state index in [0.29, 0.717) is 31.3 Å². The van der Waals surface area contributed by atoms with Crippen molar-refractivity contribution in [3.05, 3.63) is 83.4 Å². The summed E-state index contributed by atoms with van der Waals surface area (Å²) in [5.41, 5.74) is 2.87. The standard InChI is InChI=1S/C25H30O4/c1-19(2)13-23-22(15-26)14-24(28-17-21-11-7-4-8-12-21)25(29-23)18-27-16-20-9-5-3-6-10-20/h3-12,14-15,19,23-25H,13,16-18H2,1-2H3/t23-,24+,25-/m1/s1. The van der Waals surface area contributed by atoms with Gasteiger partial charge in [0, 0.05) is 5.57 Å². The first-order valence-corrected chi connectivity index (χ1v) is 10.2. The van der Waals surface area contributed by atoms with Crippen LogP contribution < -0.4 is 0 Å². The monoisotopic (exact) mass is 394 g/mol. The van der Waals surface area contributed by atoms with Gasteiger partial charge >= 0.3 is 0 Å². The van der Waals surface area contributed by atoms with Crippen molar-refractivity contribution in [2.24, 2.45) is 5.92 Å². The SMILES string of the molecule is CC(C)C[C@H]1O[C@H](COCc2ccccc2)[C@@H](OCc2ccccc2)C=C1C=O. The minimum absolute atomic E-state index is 0.214. The van der Waals surface area contributed by atoms with Crippen molar-refractivity contribution in [2.75, 3.05) is 6.61 Å². The Kier molecular flexibility index (Phi) is 8.17. The summed E-state index contributed by atoms with van der Waals surface area (Å²) in [5, 5.41) is 0. The van der Waals surface area contributed by atoms with Crippen molar-refractivity contribution in [2.45, 2.75) is 51.8 Å². The van der Waals surface area contributed by atoms with Crippen molar-refractivity contribution >= 4 is 6.29 Å². The van der Waals surface area contributed by atoms with E-state index in [0.717, 1.165) is 23.8 Å². The summed E-state index contributed by atoms with van der Waals surface area (Å²) in [7, 11) is 0. The number of hydrogen-bond acceptors (Lipinski definition) is 4. The maximum Gasteiger partial charge on any atom is 0.148 e. The molecule has 0 N–H and O–H groups in total. The van der Waals surface area contributed by atoms with Crippen LogP contribution in [0.1, 0.15) is 31.4 Å². The lowest BCUT2D eigenvalue weighted by molar-refractivity contribution is -0.130. The van der Waals surface area contributed by atoms with Crippen LogP contribution in [0.5, 0.6) is 0 Å². The summed E-state index contributed by atoms with van der Waals surface area (Å²) in [4.78, 5) is 11.6. The van der Waals surface area contributed by atoms with Gasteiger partial charge in [0.2, 0.25) is 0 Å². The highest BCUT2D eigenvalue weighted by molar-refractivity contribution is 5.75. The van der Waals surface area contributed by atoms with Gasteiger partial charge in [-0.3, -0.25) is 4.79 Å². The first-order chi connectivity index (χ1) is 14.2. The van der Waals surface area contributed by atoms with E-state index >= 15 is 0 Å². The molecule has 0 aliphatic carbocycles. The molecular weight excluding hydrogens is 364 g/mol. The molecule has 0 unspecified atom stereocenters. The molecule has 4 heteroatoms. The second-order valence-electron chi connectivity index (χ2n) is 7.84. The predicted molar refractivity (Wildman–Crippen MR) is 113 cm³/mol. The summed E-state index contributed by atoms with van der Waals surface area (Å²) < 4.78 is 18.4. The fourth-order valence-corrected chi connectivity index (χ4v) is 3.43. The third-order valence-electron chi connectivity index (χ3n) is 4.93. The van der Waals surface area contributed by atoms with Gasteiger partial charge in [0.25, 0.3) is 0 Å². The molecule has 0 aromatic heterocycles. The lowest BCUT2D eigenvalue weighted by atomic mass is 9.95. The molecular formula is C25H30O4. The zero-order valence-corrected chi connectivity index (χ0v) is 17.2. The van der Waals surface area contributed by atoms with Crippen LogP contribution in [0, 0.1) is 5.92 Å². The average molecular weight is 395 g/mol. The zero-order valence-electron chi connectivity index (χ0n) is 17.2. The van der Waals surface area contributed by atoms with Crippen LogP contribution in [-0.2, 0) is 32.2 Å². The summed E-state index contributed by atoms with van der Waals surface area (Å²) in [5.74, 6) is 0.427. The van der Waals surface area contributed by atoms with Crippen LogP contribution in [0.25, 0.3) is 0 Å². The van der Waals surface area contributed by atoms with Gasteiger partial charge in [-0.2, -0.15) is 0 Å². The highest BCUT2D eigenvalue weighted by Crippen LogP contribution is 2.26. The smallest absolute Gasteiger partial charge is 0.148 e. The topological polar surface area (TPSA) is 44.8 Å². The van der Waals surface area contributed by atoms with Crippen LogP contribution in [0.2, 0.25) is 0 Å². The molecule has 1 aliphatic heterocycles. The maximum atomic E-state index is 11.6. The number of aldehydes is 1. The molecule has 0 saturated heterocycles. The van der Waals surface area contributed by atoms with Gasteiger partial charge < -0.3 is 14.2 Å². The lowest BCUT2D eigenvalue weighted by Gasteiger charge is -2.35. The van der Waals surface area contributed by atoms with Crippen LogP contribution in [0.15, 0.2) is 72.3 Å². The summed E-state index contributed by atoms with van der Waals surface area (Å²) >= 11 is 0. The molecule has 29 heavy (non-hydrogen) atoms. The van der Waals surface area contributed by atoms with E-state index in [9.17, 15) is 4.79 Å². The van der Waals surface area contributed by atoms with Crippen LogP contribution >= 0.6 is 0 Å². The lowest BCUT2D eigenvalue weighted by Crippen LogP contribution is -2.43. The highest BCUT2D eigenvalue weighted by atomic mass is 16.6. The van der Waals surface area contributed by atoms with Gasteiger partial charge in [0.15, 0.2) is 0 Å². The van der Waals surface area contributed by atoms with Crippen LogP contribution in [-0.4, -0.2) is 31.2 Å². The number of carbonyl (C=O) groups is 1. The number of hydrogen-bond donors (Lipinski definition) is 0. The molecule has 2 aromatic rings. The third kappa shape index (κ3) is 6.64. The second-order valence-corrected chi connectivity index (χ2v) is 7.84. The van der Waals surface area contributed by atoms with E-state index in [2.05, 4.69) is 13.8 Å². The van der Waals surface area contributed by atoms with Gasteiger partial charge in [0.05, 0.1) is 25.9 Å². The molecule has 0 saturated carbocycles. The van der Waals surface area contributed by atoms with E-state index in [1.807, 2.05) is 66.7 Å². The Balaban J connectivity index is 1.67. The zero-order chi connectivity index (χ0) is 20.5. The Morgan fingerprint density at radius 1 is 0.966 bits per heavy atom. The van der Waals surface area contributed by atoms with Gasteiger partial charge in [-0.15, -0.1) is 0 Å². The van der Waals surface area contributed by atoms with E-state index in [-0.39, 0.29) is 18.3 Å². The molecule has 1 heterocycles. The van der Waals surface area contributed by atoms with E-state index in [1.165, 1.54) is 0 Å². The predicted octanol–water partition coefficient (Wildman–Crippen LogP) is 4.73. The van der Waals surface area contributed by atoms with Crippen molar-refractivity contribution < 1.29 is 19.0 Å². The molecule has 3 atom stereocenters. The molecule has 0 bridgehead atoms. The molecule has 2 aromatic carbocycles. The van der Waals surface area contributed by atoms with Crippen molar-refractivity contribution in [3.63, 3.8) is 0 Å². The second kappa shape index (κ2) is 11.1. The quantitative estimate of drug-likeness (QED) is 0.547. The van der Waals surface area contributed by atoms with Crippen molar-refractivity contribution in [3.8, 4) is 0 Å². The average Bonchev–Trinajstić information content (AvgIpc) is 2.74. The summed E-state index contributed by atoms with van der Waals surface area (Å²) in [6.07, 6.45) is 2.82. The maximum absolute atomic E-state index is 11.6. The van der Waals surface area contributed by atoms with E-state index in [1.54, 1.807) is 0 Å². The van der Waals surface area contributed by atoms with Gasteiger partial charge in [-0.25, -0.2) is 0 Å². The van der Waals surface area contributed by atoms with E-state index in [4.69, 9.17) is 14.2 Å². The number of carbonyl (C=O) groups excluding carboxylic acids is 1. The molecule has 0 fully saturated rings. The number of rotatable bonds is 10. The molecule has 1 aliphatic rings. The number of benzene rings is 2. The Labute approximate surface area is 173 Å². The largest absolute Gasteiger partial charge is 0.374 e. The first-order valence-electron chi connectivity index (χ1n) is 10.2. The molecule has 0 spiro atoms. The summed E-state index contributed by atoms with van der Waals surface area (Å²) in [6, 6.07) is 20.1. The summed E-state index contributed by atoms with van der Waals surface area (Å²) in [6.45, 7) is 5.65. The molecule has 0 radical (unpaired) electrons. The fourth-order valence-electron chi connectivity index (χ4n) is 3.43. The van der Waals surface area contributed by atoms with Gasteiger partial charge in [-0.05, 0) is 29.5 Å². The van der Waals surface area contributed by atoms with Gasteiger partial charge in [0.1, 0.15) is 18.5 Å². The minimum Gasteiger partial charge on any atom is -0.374 e. The van der Waals surface area contributed by atoms with Crippen LogP contribution in [0.4, 0.5) is 0 Å². The molecule has 3 rings (SSSR count). The fraction of sp³-hybridized carbons (Fsp3) is 0.400. The Hall–Kier alpha value is -2.27.